The van der Waals surface area contributed by atoms with Crippen molar-refractivity contribution in [3.8, 4) is 0 Å². The van der Waals surface area contributed by atoms with Crippen LogP contribution in [-0.2, 0) is 9.53 Å². The zero-order valence-electron chi connectivity index (χ0n) is 13.3. The Hall–Kier alpha value is -1.10. The zero-order valence-corrected chi connectivity index (χ0v) is 14.1. The van der Waals surface area contributed by atoms with E-state index in [-0.39, 0.29) is 24.7 Å². The van der Waals surface area contributed by atoms with Crippen LogP contribution < -0.4 is 5.32 Å². The second-order valence-electron chi connectivity index (χ2n) is 5.97. The highest BCUT2D eigenvalue weighted by molar-refractivity contribution is 6.30. The summed E-state index contributed by atoms with van der Waals surface area (Å²) in [5.41, 5.74) is 1.19. The Kier molecular flexibility index (Phi) is 6.68. The molecule has 0 bridgehead atoms. The lowest BCUT2D eigenvalue weighted by Gasteiger charge is -2.28. The number of nitrogens with one attached hydrogen (secondary N) is 1. The van der Waals surface area contributed by atoms with Crippen molar-refractivity contribution in [3.05, 3.63) is 34.9 Å². The van der Waals surface area contributed by atoms with Crippen LogP contribution in [0.25, 0.3) is 0 Å². The number of likely N-dealkylation sites (tertiary alicyclic amines) is 1. The maximum atomic E-state index is 11.9. The molecule has 22 heavy (non-hydrogen) atoms. The molecule has 1 unspecified atom stereocenters. The van der Waals surface area contributed by atoms with Crippen molar-refractivity contribution in [1.82, 2.24) is 10.2 Å². The van der Waals surface area contributed by atoms with Crippen LogP contribution in [0.5, 0.6) is 0 Å². The molecule has 1 aromatic carbocycles. The zero-order chi connectivity index (χ0) is 15.9. The summed E-state index contributed by atoms with van der Waals surface area (Å²) < 4.78 is 5.34. The van der Waals surface area contributed by atoms with Gasteiger partial charge in [-0.3, -0.25) is 9.69 Å². The van der Waals surface area contributed by atoms with Gasteiger partial charge in [-0.2, -0.15) is 0 Å². The minimum atomic E-state index is -0.0631. The molecule has 0 spiro atoms. The van der Waals surface area contributed by atoms with Gasteiger partial charge in [-0.25, -0.2) is 0 Å². The molecule has 0 aromatic heterocycles. The van der Waals surface area contributed by atoms with Gasteiger partial charge in [0.25, 0.3) is 0 Å². The fourth-order valence-electron chi connectivity index (χ4n) is 2.70. The van der Waals surface area contributed by atoms with Crippen molar-refractivity contribution in [2.24, 2.45) is 0 Å². The average molecular weight is 325 g/mol. The second-order valence-corrected chi connectivity index (χ2v) is 6.41. The van der Waals surface area contributed by atoms with Crippen molar-refractivity contribution < 1.29 is 9.53 Å². The predicted molar refractivity (Wildman–Crippen MR) is 89.1 cm³/mol. The summed E-state index contributed by atoms with van der Waals surface area (Å²) in [5.74, 6) is -0.0631. The third-order valence-electron chi connectivity index (χ3n) is 3.88. The molecular formula is C17H25ClN2O2. The molecule has 1 saturated heterocycles. The van der Waals surface area contributed by atoms with Crippen LogP contribution in [0.4, 0.5) is 0 Å². The highest BCUT2D eigenvalue weighted by Gasteiger charge is 2.23. The number of benzene rings is 1. The lowest BCUT2D eigenvalue weighted by atomic mass is 10.1. The topological polar surface area (TPSA) is 41.6 Å². The van der Waals surface area contributed by atoms with Gasteiger partial charge in [0, 0.05) is 11.6 Å². The Bertz CT molecular complexity index is 470. The molecule has 1 amide bonds. The molecule has 122 valence electrons. The van der Waals surface area contributed by atoms with Crippen molar-refractivity contribution in [2.75, 3.05) is 26.2 Å². The summed E-state index contributed by atoms with van der Waals surface area (Å²) in [4.78, 5) is 14.3. The Morgan fingerprint density at radius 3 is 2.50 bits per heavy atom. The summed E-state index contributed by atoms with van der Waals surface area (Å²) in [5, 5.41) is 3.72. The molecule has 1 atom stereocenters. The van der Waals surface area contributed by atoms with Crippen molar-refractivity contribution in [2.45, 2.75) is 38.8 Å². The van der Waals surface area contributed by atoms with E-state index in [1.165, 1.54) is 18.4 Å². The molecule has 5 heteroatoms. The Morgan fingerprint density at radius 2 is 1.91 bits per heavy atom. The van der Waals surface area contributed by atoms with Gasteiger partial charge < -0.3 is 10.1 Å². The van der Waals surface area contributed by atoms with Crippen molar-refractivity contribution in [3.63, 3.8) is 0 Å². The first-order chi connectivity index (χ1) is 10.6. The first kappa shape index (κ1) is 17.3. The number of hydrogen-bond acceptors (Lipinski definition) is 3. The van der Waals surface area contributed by atoms with Crippen LogP contribution in [0.15, 0.2) is 24.3 Å². The standard InChI is InChI=1S/C17H25ClN2O2/c1-13(2)22-12-17(21)19-11-16(20-9-3-4-10-20)14-5-7-15(18)8-6-14/h5-8,13,16H,3-4,9-12H2,1-2H3,(H,19,21). The maximum Gasteiger partial charge on any atom is 0.246 e. The third kappa shape index (κ3) is 5.27. The largest absolute Gasteiger partial charge is 0.369 e. The number of hydrogen-bond donors (Lipinski definition) is 1. The lowest BCUT2D eigenvalue weighted by Crippen LogP contribution is -2.38. The number of amides is 1. The van der Waals surface area contributed by atoms with Gasteiger partial charge in [-0.1, -0.05) is 23.7 Å². The number of nitrogens with zero attached hydrogens (tertiary/aromatic N) is 1. The van der Waals surface area contributed by atoms with Gasteiger partial charge in [0.05, 0.1) is 12.1 Å². The quantitative estimate of drug-likeness (QED) is 0.838. The van der Waals surface area contributed by atoms with Gasteiger partial charge in [0.1, 0.15) is 6.61 Å². The van der Waals surface area contributed by atoms with Gasteiger partial charge >= 0.3 is 0 Å². The predicted octanol–water partition coefficient (Wildman–Crippen LogP) is 3.02. The molecule has 1 N–H and O–H groups in total. The monoisotopic (exact) mass is 324 g/mol. The molecular weight excluding hydrogens is 300 g/mol. The average Bonchev–Trinajstić information content (AvgIpc) is 3.01. The Labute approximate surface area is 137 Å². The van der Waals surface area contributed by atoms with E-state index in [1.807, 2.05) is 38.1 Å². The third-order valence-corrected chi connectivity index (χ3v) is 4.13. The van der Waals surface area contributed by atoms with E-state index in [1.54, 1.807) is 0 Å². The smallest absolute Gasteiger partial charge is 0.246 e. The molecule has 1 aromatic rings. The van der Waals surface area contributed by atoms with Crippen LogP contribution in [0, 0.1) is 0 Å². The van der Waals surface area contributed by atoms with Gasteiger partial charge in [-0.15, -0.1) is 0 Å². The molecule has 0 saturated carbocycles. The normalized spacial score (nSPS) is 16.9. The highest BCUT2D eigenvalue weighted by atomic mass is 35.5. The number of rotatable bonds is 7. The van der Waals surface area contributed by atoms with Crippen LogP contribution in [-0.4, -0.2) is 43.2 Å². The van der Waals surface area contributed by atoms with Gasteiger partial charge in [-0.05, 0) is 57.5 Å². The summed E-state index contributed by atoms with van der Waals surface area (Å²) >= 11 is 5.97. The van der Waals surface area contributed by atoms with Crippen LogP contribution in [0.3, 0.4) is 0 Å². The van der Waals surface area contributed by atoms with Gasteiger partial charge in [0.15, 0.2) is 0 Å². The van der Waals surface area contributed by atoms with E-state index >= 15 is 0 Å². The molecule has 4 nitrogen and oxygen atoms in total. The Morgan fingerprint density at radius 1 is 1.27 bits per heavy atom. The van der Waals surface area contributed by atoms with Crippen molar-refractivity contribution >= 4 is 17.5 Å². The minimum absolute atomic E-state index is 0.0631. The molecule has 2 rings (SSSR count). The van der Waals surface area contributed by atoms with Crippen LogP contribution in [0.1, 0.15) is 38.3 Å². The molecule has 1 aliphatic heterocycles. The molecule has 0 aliphatic carbocycles. The van der Waals surface area contributed by atoms with E-state index in [9.17, 15) is 4.79 Å². The second kappa shape index (κ2) is 8.51. The summed E-state index contributed by atoms with van der Waals surface area (Å²) in [6.07, 6.45) is 2.50. The fourth-order valence-corrected chi connectivity index (χ4v) is 2.83. The van der Waals surface area contributed by atoms with Gasteiger partial charge in [0.2, 0.25) is 5.91 Å². The van der Waals surface area contributed by atoms with E-state index in [0.717, 1.165) is 18.1 Å². The fraction of sp³-hybridized carbons (Fsp3) is 0.588. The first-order valence-corrected chi connectivity index (χ1v) is 8.32. The summed E-state index contributed by atoms with van der Waals surface area (Å²) in [6, 6.07) is 8.10. The lowest BCUT2D eigenvalue weighted by molar-refractivity contribution is -0.127. The van der Waals surface area contributed by atoms with Crippen LogP contribution >= 0.6 is 11.6 Å². The van der Waals surface area contributed by atoms with Crippen molar-refractivity contribution in [1.29, 1.82) is 0 Å². The Balaban J connectivity index is 1.96. The number of halogens is 1. The first-order valence-electron chi connectivity index (χ1n) is 7.94. The maximum absolute atomic E-state index is 11.9. The summed E-state index contributed by atoms with van der Waals surface area (Å²) in [6.45, 7) is 6.71. The van der Waals surface area contributed by atoms with E-state index in [2.05, 4.69) is 10.2 Å². The van der Waals surface area contributed by atoms with E-state index in [4.69, 9.17) is 16.3 Å². The number of ether oxygens (including phenoxy) is 1. The number of carbonyl (C=O) groups excluding carboxylic acids is 1. The molecule has 1 heterocycles. The van der Waals surface area contributed by atoms with E-state index < -0.39 is 0 Å². The van der Waals surface area contributed by atoms with Crippen LogP contribution in [0.2, 0.25) is 5.02 Å². The highest BCUT2D eigenvalue weighted by Crippen LogP contribution is 2.25. The SMILES string of the molecule is CC(C)OCC(=O)NCC(c1ccc(Cl)cc1)N1CCCC1. The number of carbonyl (C=O) groups is 1. The minimum Gasteiger partial charge on any atom is -0.369 e. The molecule has 1 aliphatic rings. The van der Waals surface area contributed by atoms with E-state index in [0.29, 0.717) is 6.54 Å². The molecule has 1 fully saturated rings. The summed E-state index contributed by atoms with van der Waals surface area (Å²) in [7, 11) is 0. The molecule has 0 radical (unpaired) electrons.